The fourth-order valence-corrected chi connectivity index (χ4v) is 7.27. The molecule has 16 heteroatoms. The molecule has 3 aromatic carbocycles. The number of likely N-dealkylation sites (tertiary alicyclic amines) is 2. The average Bonchev–Trinajstić information content (AvgIpc) is 3.75. The van der Waals surface area contributed by atoms with Crippen LogP contribution in [0.5, 0.6) is 17.2 Å². The Kier molecular flexibility index (Phi) is 13.0. The Bertz CT molecular complexity index is 2070. The van der Waals surface area contributed by atoms with Gasteiger partial charge in [-0.05, 0) is 74.2 Å². The summed E-state index contributed by atoms with van der Waals surface area (Å²) in [5.74, 6) is -0.0267. The smallest absolute Gasteiger partial charge is 0.261 e. The number of para-hydroxylation sites is 2. The zero-order valence-electron chi connectivity index (χ0n) is 30.8. The molecule has 1 amide bonds. The van der Waals surface area contributed by atoms with Crippen molar-refractivity contribution >= 4 is 33.0 Å². The third kappa shape index (κ3) is 9.57. The maximum atomic E-state index is 14.6. The monoisotopic (exact) mass is 768 g/mol. The van der Waals surface area contributed by atoms with Gasteiger partial charge >= 0.3 is 0 Å². The number of amides is 1. The molecule has 2 aliphatic rings. The van der Waals surface area contributed by atoms with E-state index >= 15 is 0 Å². The number of carbonyl (C=O) groups excluding carboxylic acids is 1. The summed E-state index contributed by atoms with van der Waals surface area (Å²) >= 11 is 0. The summed E-state index contributed by atoms with van der Waals surface area (Å²) in [6.45, 7) is 3.87. The summed E-state index contributed by atoms with van der Waals surface area (Å²) in [5.41, 5.74) is 2.45. The number of piperidine rings is 1. The molecule has 1 unspecified atom stereocenters. The second-order valence-corrected chi connectivity index (χ2v) is 15.0. The van der Waals surface area contributed by atoms with E-state index in [2.05, 4.69) is 20.9 Å². The molecule has 1 aromatic heterocycles. The first kappa shape index (κ1) is 40.2. The number of benzene rings is 3. The van der Waals surface area contributed by atoms with Crippen molar-refractivity contribution in [1.29, 1.82) is 5.26 Å². The zero-order chi connectivity index (χ0) is 39.0. The summed E-state index contributed by atoms with van der Waals surface area (Å²) in [7, 11) is 0.845. The fourth-order valence-electron chi connectivity index (χ4n) is 7.27. The van der Waals surface area contributed by atoms with Gasteiger partial charge in [-0.2, -0.15) is 13.7 Å². The molecule has 290 valence electrons. The topological polar surface area (TPSA) is 159 Å². The quantitative estimate of drug-likeness (QED) is 0.175. The van der Waals surface area contributed by atoms with Crippen molar-refractivity contribution in [3.8, 4) is 23.3 Å². The Hall–Kier alpha value is -4.98. The molecular formula is C38H46F2N6O7S. The molecule has 1 atom stereocenters. The molecule has 0 radical (unpaired) electrons. The predicted octanol–water partition coefficient (Wildman–Crippen LogP) is 5.51. The maximum Gasteiger partial charge on any atom is 0.261 e. The fraction of sp³-hybridized carbons (Fsp3) is 0.447. The van der Waals surface area contributed by atoms with Crippen LogP contribution in [0.4, 0.5) is 14.7 Å². The number of nitriles is 1. The number of rotatable bonds is 12. The van der Waals surface area contributed by atoms with E-state index in [9.17, 15) is 27.3 Å². The number of hydrogen-bond acceptors (Lipinski definition) is 10. The molecule has 0 bridgehead atoms. The van der Waals surface area contributed by atoms with Crippen LogP contribution < -0.4 is 19.5 Å². The zero-order valence-corrected chi connectivity index (χ0v) is 31.7. The van der Waals surface area contributed by atoms with Crippen LogP contribution in [0, 0.1) is 23.0 Å². The standard InChI is InChI=1S/C37H42F2N6O4.CH4O3S/c1-47-32-21-25(22-33(48-2)34(32)49-3)35(46)44-20-14-37(24-44,26-9-10-28(38)29(39)23-26)13-19-43-17-11-27(12-18-43)41-36-42-30-7-4-5-8-31(30)45(36)16-6-15-40;1-5(2,3)4/h4-5,7-10,21-23,27H,6,11-14,16-20,24H2,1-3H3,(H,41,42);1H3,(H,2,3,4). The van der Waals surface area contributed by atoms with Crippen LogP contribution in [0.1, 0.15) is 48.0 Å². The van der Waals surface area contributed by atoms with E-state index in [4.69, 9.17) is 23.7 Å². The molecule has 6 rings (SSSR count). The van der Waals surface area contributed by atoms with Gasteiger partial charge in [0.05, 0.1) is 51.1 Å². The van der Waals surface area contributed by atoms with Gasteiger partial charge in [0.1, 0.15) is 0 Å². The van der Waals surface area contributed by atoms with Crippen LogP contribution in [0.2, 0.25) is 0 Å². The first-order valence-corrected chi connectivity index (χ1v) is 19.4. The van der Waals surface area contributed by atoms with E-state index in [0.717, 1.165) is 49.5 Å². The van der Waals surface area contributed by atoms with Crippen molar-refractivity contribution in [2.24, 2.45) is 0 Å². The van der Waals surface area contributed by atoms with Gasteiger partial charge in [-0.15, -0.1) is 0 Å². The first-order chi connectivity index (χ1) is 25.8. The van der Waals surface area contributed by atoms with Crippen LogP contribution >= 0.6 is 0 Å². The molecule has 0 aliphatic carbocycles. The second-order valence-electron chi connectivity index (χ2n) is 13.5. The SMILES string of the molecule is COc1cc(C(=O)N2CCC(CCN3CCC(Nc4nc5ccccc5n4CCC#N)CC3)(c3ccc(F)c(F)c3)C2)cc(OC)c1OC.CS(=O)(=O)O. The Morgan fingerprint density at radius 2 is 1.67 bits per heavy atom. The van der Waals surface area contributed by atoms with Crippen LogP contribution in [0.15, 0.2) is 54.6 Å². The summed E-state index contributed by atoms with van der Waals surface area (Å²) in [6, 6.07) is 17.8. The van der Waals surface area contributed by atoms with Crippen LogP contribution in [0.25, 0.3) is 11.0 Å². The van der Waals surface area contributed by atoms with Gasteiger partial charge in [-0.1, -0.05) is 18.2 Å². The Morgan fingerprint density at radius 1 is 1.00 bits per heavy atom. The van der Waals surface area contributed by atoms with E-state index in [1.807, 2.05) is 24.3 Å². The largest absolute Gasteiger partial charge is 0.493 e. The number of carbonyl (C=O) groups is 1. The maximum absolute atomic E-state index is 14.6. The number of nitrogens with zero attached hydrogens (tertiary/aromatic N) is 5. The number of ether oxygens (including phenoxy) is 3. The normalized spacial score (nSPS) is 17.8. The minimum Gasteiger partial charge on any atom is -0.493 e. The lowest BCUT2D eigenvalue weighted by Crippen LogP contribution is -2.42. The molecule has 0 spiro atoms. The van der Waals surface area contributed by atoms with Gasteiger partial charge in [0.25, 0.3) is 16.0 Å². The van der Waals surface area contributed by atoms with Crippen molar-refractivity contribution in [3.05, 3.63) is 77.4 Å². The molecule has 54 heavy (non-hydrogen) atoms. The summed E-state index contributed by atoms with van der Waals surface area (Å²) in [5, 5.41) is 12.8. The second kappa shape index (κ2) is 17.4. The lowest BCUT2D eigenvalue weighted by molar-refractivity contribution is 0.0779. The van der Waals surface area contributed by atoms with E-state index in [1.165, 1.54) is 33.5 Å². The lowest BCUT2D eigenvalue weighted by atomic mass is 9.76. The molecule has 3 heterocycles. The molecule has 4 aromatic rings. The van der Waals surface area contributed by atoms with Crippen molar-refractivity contribution in [1.82, 2.24) is 19.4 Å². The highest BCUT2D eigenvalue weighted by molar-refractivity contribution is 7.85. The highest BCUT2D eigenvalue weighted by atomic mass is 32.2. The molecule has 2 N–H and O–H groups in total. The molecule has 2 aliphatic heterocycles. The number of imidazole rings is 1. The molecule has 13 nitrogen and oxygen atoms in total. The Balaban J connectivity index is 0.00000105. The Morgan fingerprint density at radius 3 is 2.28 bits per heavy atom. The minimum atomic E-state index is -3.67. The number of hydrogen-bond donors (Lipinski definition) is 2. The van der Waals surface area contributed by atoms with Gasteiger partial charge in [0.2, 0.25) is 11.7 Å². The van der Waals surface area contributed by atoms with Gasteiger partial charge in [-0.3, -0.25) is 9.35 Å². The van der Waals surface area contributed by atoms with Gasteiger partial charge in [-0.25, -0.2) is 13.8 Å². The molecular weight excluding hydrogens is 723 g/mol. The first-order valence-electron chi connectivity index (χ1n) is 17.6. The minimum absolute atomic E-state index is 0.198. The van der Waals surface area contributed by atoms with Gasteiger partial charge in [0, 0.05) is 49.7 Å². The third-order valence-electron chi connectivity index (χ3n) is 10.0. The van der Waals surface area contributed by atoms with E-state index in [-0.39, 0.29) is 11.9 Å². The number of aromatic nitrogens is 2. The number of fused-ring (bicyclic) bond motifs is 1. The molecule has 2 fully saturated rings. The number of aryl methyl sites for hydroxylation is 1. The highest BCUT2D eigenvalue weighted by Crippen LogP contribution is 2.42. The average molecular weight is 769 g/mol. The van der Waals surface area contributed by atoms with Crippen molar-refractivity contribution in [3.63, 3.8) is 0 Å². The highest BCUT2D eigenvalue weighted by Gasteiger charge is 2.42. The van der Waals surface area contributed by atoms with Gasteiger partial charge in [0.15, 0.2) is 23.1 Å². The van der Waals surface area contributed by atoms with Crippen LogP contribution in [0.3, 0.4) is 0 Å². The number of methoxy groups -OCH3 is 3. The van der Waals surface area contributed by atoms with E-state index in [0.29, 0.717) is 73.5 Å². The number of halogens is 2. The summed E-state index contributed by atoms with van der Waals surface area (Å²) in [4.78, 5) is 22.8. The molecule has 0 saturated carbocycles. The van der Waals surface area contributed by atoms with Crippen molar-refractivity contribution in [2.75, 3.05) is 65.6 Å². The number of nitrogens with one attached hydrogen (secondary N) is 1. The number of anilines is 1. The third-order valence-corrected chi connectivity index (χ3v) is 10.0. The molecule has 2 saturated heterocycles. The van der Waals surface area contributed by atoms with Gasteiger partial charge < -0.3 is 33.9 Å². The van der Waals surface area contributed by atoms with E-state index < -0.39 is 27.2 Å². The summed E-state index contributed by atoms with van der Waals surface area (Å²) in [6.07, 6.45) is 4.23. The van der Waals surface area contributed by atoms with Crippen LogP contribution in [-0.4, -0.2) is 105 Å². The Labute approximate surface area is 314 Å². The van der Waals surface area contributed by atoms with Crippen molar-refractivity contribution < 1.29 is 40.8 Å². The van der Waals surface area contributed by atoms with Crippen molar-refractivity contribution in [2.45, 2.75) is 50.1 Å². The summed E-state index contributed by atoms with van der Waals surface area (Å²) < 4.78 is 73.0. The lowest BCUT2D eigenvalue weighted by Gasteiger charge is -2.36. The predicted molar refractivity (Wildman–Crippen MR) is 200 cm³/mol. The van der Waals surface area contributed by atoms with E-state index in [1.54, 1.807) is 23.1 Å². The van der Waals surface area contributed by atoms with Crippen LogP contribution in [-0.2, 0) is 22.1 Å².